The van der Waals surface area contributed by atoms with Crippen molar-refractivity contribution >= 4 is 5.91 Å². The van der Waals surface area contributed by atoms with E-state index >= 15 is 0 Å². The third-order valence-corrected chi connectivity index (χ3v) is 2.83. The molecular weight excluding hydrogens is 228 g/mol. The Kier molecular flexibility index (Phi) is 6.39. The summed E-state index contributed by atoms with van der Waals surface area (Å²) < 4.78 is 0. The Morgan fingerprint density at radius 3 is 2.61 bits per heavy atom. The lowest BCUT2D eigenvalue weighted by molar-refractivity contribution is -0.123. The van der Waals surface area contributed by atoms with Gasteiger partial charge in [-0.1, -0.05) is 43.7 Å². The first-order chi connectivity index (χ1) is 8.67. The van der Waals surface area contributed by atoms with Crippen LogP contribution in [0.4, 0.5) is 0 Å². The Labute approximate surface area is 108 Å². The van der Waals surface area contributed by atoms with Crippen molar-refractivity contribution in [2.75, 3.05) is 6.61 Å². The Balaban J connectivity index is 2.49. The van der Waals surface area contributed by atoms with Crippen LogP contribution in [0.1, 0.15) is 25.3 Å². The number of hydrogen-bond donors (Lipinski definition) is 3. The zero-order valence-electron chi connectivity index (χ0n) is 10.8. The number of nitrogens with two attached hydrogens (primary N) is 1. The van der Waals surface area contributed by atoms with Crippen LogP contribution in [0, 0.1) is 0 Å². The molecule has 0 saturated heterocycles. The van der Waals surface area contributed by atoms with Crippen LogP contribution in [-0.2, 0) is 11.2 Å². The molecular formula is C14H22N2O2. The average molecular weight is 250 g/mol. The zero-order valence-corrected chi connectivity index (χ0v) is 10.8. The van der Waals surface area contributed by atoms with E-state index in [2.05, 4.69) is 5.32 Å². The number of aliphatic hydroxyl groups is 1. The highest BCUT2D eigenvalue weighted by Gasteiger charge is 2.17. The number of amides is 1. The van der Waals surface area contributed by atoms with Crippen molar-refractivity contribution in [3.05, 3.63) is 35.9 Å². The minimum atomic E-state index is -0.486. The summed E-state index contributed by atoms with van der Waals surface area (Å²) in [6.45, 7) is 1.90. The average Bonchev–Trinajstić information content (AvgIpc) is 2.39. The summed E-state index contributed by atoms with van der Waals surface area (Å²) in [4.78, 5) is 11.7. The maximum atomic E-state index is 11.7. The van der Waals surface area contributed by atoms with Crippen molar-refractivity contribution < 1.29 is 9.90 Å². The molecule has 0 bridgehead atoms. The van der Waals surface area contributed by atoms with Gasteiger partial charge in [0.05, 0.1) is 18.7 Å². The van der Waals surface area contributed by atoms with Gasteiger partial charge in [-0.3, -0.25) is 4.79 Å². The number of carbonyl (C=O) groups is 1. The third kappa shape index (κ3) is 4.85. The van der Waals surface area contributed by atoms with Crippen LogP contribution in [0.2, 0.25) is 0 Å². The minimum Gasteiger partial charge on any atom is -0.394 e. The number of carbonyl (C=O) groups excluding carboxylic acids is 1. The molecule has 0 unspecified atom stereocenters. The molecule has 100 valence electrons. The van der Waals surface area contributed by atoms with Gasteiger partial charge in [-0.2, -0.15) is 0 Å². The second kappa shape index (κ2) is 7.84. The van der Waals surface area contributed by atoms with Crippen LogP contribution in [0.3, 0.4) is 0 Å². The van der Waals surface area contributed by atoms with Crippen LogP contribution in [0.5, 0.6) is 0 Å². The van der Waals surface area contributed by atoms with Gasteiger partial charge in [0.1, 0.15) is 0 Å². The number of hydrogen-bond acceptors (Lipinski definition) is 3. The lowest BCUT2D eigenvalue weighted by Crippen LogP contribution is -2.47. The van der Waals surface area contributed by atoms with Crippen LogP contribution in [0.15, 0.2) is 30.3 Å². The normalized spacial score (nSPS) is 13.9. The molecule has 0 spiro atoms. The molecule has 1 aromatic rings. The highest BCUT2D eigenvalue weighted by Crippen LogP contribution is 2.03. The monoisotopic (exact) mass is 250 g/mol. The number of aliphatic hydroxyl groups excluding tert-OH is 1. The van der Waals surface area contributed by atoms with Crippen molar-refractivity contribution in [3.8, 4) is 0 Å². The van der Waals surface area contributed by atoms with Gasteiger partial charge in [0.2, 0.25) is 5.91 Å². The molecule has 0 saturated carbocycles. The zero-order chi connectivity index (χ0) is 13.4. The first-order valence-corrected chi connectivity index (χ1v) is 6.38. The fourth-order valence-electron chi connectivity index (χ4n) is 1.81. The van der Waals surface area contributed by atoms with E-state index in [9.17, 15) is 9.90 Å². The predicted octanol–water partition coefficient (Wildman–Crippen LogP) is 0.834. The third-order valence-electron chi connectivity index (χ3n) is 2.83. The molecule has 0 aliphatic rings. The van der Waals surface area contributed by atoms with Gasteiger partial charge in [0.15, 0.2) is 0 Å². The van der Waals surface area contributed by atoms with Gasteiger partial charge in [-0.05, 0) is 18.4 Å². The molecule has 4 heteroatoms. The quantitative estimate of drug-likeness (QED) is 0.671. The topological polar surface area (TPSA) is 75.4 Å². The summed E-state index contributed by atoms with van der Waals surface area (Å²) in [5, 5.41) is 12.1. The van der Waals surface area contributed by atoms with Crippen molar-refractivity contribution in [1.29, 1.82) is 0 Å². The van der Waals surface area contributed by atoms with Gasteiger partial charge in [-0.25, -0.2) is 0 Å². The number of benzene rings is 1. The summed E-state index contributed by atoms with van der Waals surface area (Å²) in [5.41, 5.74) is 6.81. The second-order valence-corrected chi connectivity index (χ2v) is 4.47. The van der Waals surface area contributed by atoms with Gasteiger partial charge in [-0.15, -0.1) is 0 Å². The van der Waals surface area contributed by atoms with Crippen molar-refractivity contribution in [1.82, 2.24) is 5.32 Å². The fraction of sp³-hybridized carbons (Fsp3) is 0.500. The molecule has 1 aromatic carbocycles. The van der Waals surface area contributed by atoms with E-state index in [1.807, 2.05) is 37.3 Å². The smallest absolute Gasteiger partial charge is 0.237 e. The fourth-order valence-corrected chi connectivity index (χ4v) is 1.81. The van der Waals surface area contributed by atoms with Gasteiger partial charge in [0, 0.05) is 0 Å². The van der Waals surface area contributed by atoms with Crippen LogP contribution < -0.4 is 11.1 Å². The Morgan fingerprint density at radius 1 is 1.39 bits per heavy atom. The van der Waals surface area contributed by atoms with Gasteiger partial charge in [0.25, 0.3) is 0 Å². The molecule has 0 aliphatic carbocycles. The Bertz CT molecular complexity index is 354. The Hall–Kier alpha value is -1.39. The SMILES string of the molecule is CCC[C@@H](N)C(=O)N[C@H](CO)Cc1ccccc1. The van der Waals surface area contributed by atoms with E-state index in [0.29, 0.717) is 12.8 Å². The van der Waals surface area contributed by atoms with E-state index < -0.39 is 6.04 Å². The van der Waals surface area contributed by atoms with Crippen molar-refractivity contribution in [2.24, 2.45) is 5.73 Å². The molecule has 2 atom stereocenters. The molecule has 4 nitrogen and oxygen atoms in total. The van der Waals surface area contributed by atoms with Gasteiger partial charge < -0.3 is 16.2 Å². The van der Waals surface area contributed by atoms with E-state index in [1.165, 1.54) is 0 Å². The molecule has 0 heterocycles. The van der Waals surface area contributed by atoms with Crippen LogP contribution in [0.25, 0.3) is 0 Å². The lowest BCUT2D eigenvalue weighted by Gasteiger charge is -2.19. The first kappa shape index (κ1) is 14.7. The summed E-state index contributed by atoms with van der Waals surface area (Å²) in [5.74, 6) is -0.188. The molecule has 1 rings (SSSR count). The lowest BCUT2D eigenvalue weighted by atomic mass is 10.1. The molecule has 18 heavy (non-hydrogen) atoms. The van der Waals surface area contributed by atoms with Crippen LogP contribution >= 0.6 is 0 Å². The van der Waals surface area contributed by atoms with E-state index in [-0.39, 0.29) is 18.6 Å². The molecule has 4 N–H and O–H groups in total. The molecule has 1 amide bonds. The predicted molar refractivity (Wildman–Crippen MR) is 72.0 cm³/mol. The van der Waals surface area contributed by atoms with Crippen molar-refractivity contribution in [3.63, 3.8) is 0 Å². The van der Waals surface area contributed by atoms with E-state index in [0.717, 1.165) is 12.0 Å². The second-order valence-electron chi connectivity index (χ2n) is 4.47. The highest BCUT2D eigenvalue weighted by atomic mass is 16.3. The van der Waals surface area contributed by atoms with E-state index in [4.69, 9.17) is 5.73 Å². The summed E-state index contributed by atoms with van der Waals surface area (Å²) in [6.07, 6.45) is 2.15. The molecule has 0 aromatic heterocycles. The molecule has 0 fully saturated rings. The molecule has 0 radical (unpaired) electrons. The highest BCUT2D eigenvalue weighted by molar-refractivity contribution is 5.81. The summed E-state index contributed by atoms with van der Waals surface area (Å²) in [6, 6.07) is 9.00. The van der Waals surface area contributed by atoms with Gasteiger partial charge >= 0.3 is 0 Å². The first-order valence-electron chi connectivity index (χ1n) is 6.38. The standard InChI is InChI=1S/C14H22N2O2/c1-2-6-13(15)14(18)16-12(10-17)9-11-7-4-3-5-8-11/h3-5,7-8,12-13,17H,2,6,9-10,15H2,1H3,(H,16,18)/t12-,13+/m0/s1. The maximum Gasteiger partial charge on any atom is 0.237 e. The van der Waals surface area contributed by atoms with E-state index in [1.54, 1.807) is 0 Å². The van der Waals surface area contributed by atoms with Crippen LogP contribution in [-0.4, -0.2) is 29.7 Å². The summed E-state index contributed by atoms with van der Waals surface area (Å²) >= 11 is 0. The Morgan fingerprint density at radius 2 is 2.06 bits per heavy atom. The number of nitrogens with one attached hydrogen (secondary N) is 1. The largest absolute Gasteiger partial charge is 0.394 e. The maximum absolute atomic E-state index is 11.7. The molecule has 0 aliphatic heterocycles. The minimum absolute atomic E-state index is 0.0838. The number of rotatable bonds is 7. The van der Waals surface area contributed by atoms with Crippen molar-refractivity contribution in [2.45, 2.75) is 38.3 Å². The summed E-state index contributed by atoms with van der Waals surface area (Å²) in [7, 11) is 0.